The molecular formula is C13H17N. The molecule has 14 heavy (non-hydrogen) atoms. The molecule has 74 valence electrons. The van der Waals surface area contributed by atoms with E-state index >= 15 is 0 Å². The average Bonchev–Trinajstić information content (AvgIpc) is 2.29. The van der Waals surface area contributed by atoms with Crippen LogP contribution in [0.3, 0.4) is 0 Å². The van der Waals surface area contributed by atoms with Gasteiger partial charge >= 0.3 is 0 Å². The molecule has 0 aliphatic heterocycles. The molecule has 1 aromatic carbocycles. The number of nitrogens with zero attached hydrogens (tertiary/aromatic N) is 1. The number of benzene rings is 1. The minimum absolute atomic E-state index is 0.726. The highest BCUT2D eigenvalue weighted by Crippen LogP contribution is 2.22. The maximum absolute atomic E-state index is 4.50. The third-order valence-corrected chi connectivity index (χ3v) is 2.84. The number of rotatable bonds is 2. The van der Waals surface area contributed by atoms with Crippen LogP contribution in [0.4, 0.5) is 5.69 Å². The molecule has 0 atom stereocenters. The van der Waals surface area contributed by atoms with E-state index in [1.165, 1.54) is 32.1 Å². The molecule has 0 amide bonds. The van der Waals surface area contributed by atoms with Crippen molar-refractivity contribution in [2.75, 3.05) is 0 Å². The molecule has 1 heteroatoms. The van der Waals surface area contributed by atoms with Gasteiger partial charge in [-0.05, 0) is 30.9 Å². The van der Waals surface area contributed by atoms with Crippen LogP contribution in [0, 0.1) is 5.92 Å². The Morgan fingerprint density at radius 1 is 1.00 bits per heavy atom. The summed E-state index contributed by atoms with van der Waals surface area (Å²) >= 11 is 0. The van der Waals surface area contributed by atoms with E-state index in [9.17, 15) is 0 Å². The van der Waals surface area contributed by atoms with E-state index in [1.54, 1.807) is 0 Å². The van der Waals surface area contributed by atoms with Gasteiger partial charge in [0.1, 0.15) is 0 Å². The average molecular weight is 187 g/mol. The van der Waals surface area contributed by atoms with Crippen LogP contribution in [0.1, 0.15) is 32.1 Å². The molecule has 1 nitrogen and oxygen atoms in total. The summed E-state index contributed by atoms with van der Waals surface area (Å²) < 4.78 is 0. The Bertz CT molecular complexity index is 283. The first-order valence-electron chi connectivity index (χ1n) is 5.54. The second-order valence-corrected chi connectivity index (χ2v) is 4.01. The summed E-state index contributed by atoms with van der Waals surface area (Å²) in [4.78, 5) is 4.50. The third-order valence-electron chi connectivity index (χ3n) is 2.84. The predicted octanol–water partition coefficient (Wildman–Crippen LogP) is 3.97. The van der Waals surface area contributed by atoms with Gasteiger partial charge in [0, 0.05) is 6.21 Å². The van der Waals surface area contributed by atoms with Gasteiger partial charge in [-0.3, -0.25) is 4.99 Å². The fourth-order valence-electron chi connectivity index (χ4n) is 1.99. The van der Waals surface area contributed by atoms with Crippen molar-refractivity contribution in [3.63, 3.8) is 0 Å². The molecule has 1 aliphatic carbocycles. The molecule has 0 unspecified atom stereocenters. The molecule has 0 N–H and O–H groups in total. The minimum Gasteiger partial charge on any atom is -0.261 e. The second-order valence-electron chi connectivity index (χ2n) is 4.01. The van der Waals surface area contributed by atoms with Gasteiger partial charge in [0.05, 0.1) is 5.69 Å². The van der Waals surface area contributed by atoms with Crippen LogP contribution in [0.15, 0.2) is 35.3 Å². The highest BCUT2D eigenvalue weighted by Gasteiger charge is 2.10. The van der Waals surface area contributed by atoms with Crippen LogP contribution in [0.5, 0.6) is 0 Å². The molecule has 2 rings (SSSR count). The van der Waals surface area contributed by atoms with E-state index in [4.69, 9.17) is 0 Å². The first kappa shape index (κ1) is 9.45. The predicted molar refractivity (Wildman–Crippen MR) is 61.2 cm³/mol. The van der Waals surface area contributed by atoms with E-state index in [0.29, 0.717) is 0 Å². The topological polar surface area (TPSA) is 12.4 Å². The first-order valence-corrected chi connectivity index (χ1v) is 5.54. The summed E-state index contributed by atoms with van der Waals surface area (Å²) in [7, 11) is 0. The van der Waals surface area contributed by atoms with Crippen molar-refractivity contribution in [2.24, 2.45) is 10.9 Å². The van der Waals surface area contributed by atoms with Crippen molar-refractivity contribution in [3.05, 3.63) is 30.3 Å². The number of aliphatic imine (C=N–C) groups is 1. The maximum atomic E-state index is 4.50. The lowest BCUT2D eigenvalue weighted by molar-refractivity contribution is 0.445. The molecule has 1 aromatic rings. The molecule has 0 heterocycles. The Kier molecular flexibility index (Phi) is 3.33. The zero-order chi connectivity index (χ0) is 9.64. The van der Waals surface area contributed by atoms with Gasteiger partial charge in [0.25, 0.3) is 0 Å². The molecule has 1 saturated carbocycles. The molecule has 1 aliphatic rings. The van der Waals surface area contributed by atoms with Crippen molar-refractivity contribution >= 4 is 11.9 Å². The fraction of sp³-hybridized carbons (Fsp3) is 0.462. The number of para-hydroxylation sites is 1. The standard InChI is InChI=1S/C13H17N/c1-3-7-12(8-4-1)11-14-13-9-5-2-6-10-13/h2,5-6,9-12H,1,3-4,7-8H2. The van der Waals surface area contributed by atoms with Crippen LogP contribution in [0.2, 0.25) is 0 Å². The van der Waals surface area contributed by atoms with Gasteiger partial charge < -0.3 is 0 Å². The first-order chi connectivity index (χ1) is 6.95. The van der Waals surface area contributed by atoms with E-state index in [-0.39, 0.29) is 0 Å². The minimum atomic E-state index is 0.726. The van der Waals surface area contributed by atoms with Crippen molar-refractivity contribution in [2.45, 2.75) is 32.1 Å². The van der Waals surface area contributed by atoms with Crippen molar-refractivity contribution in [3.8, 4) is 0 Å². The molecule has 0 bridgehead atoms. The normalized spacial score (nSPS) is 18.9. The third kappa shape index (κ3) is 2.69. The van der Waals surface area contributed by atoms with Gasteiger partial charge in [-0.1, -0.05) is 37.5 Å². The van der Waals surface area contributed by atoms with Gasteiger partial charge in [-0.25, -0.2) is 0 Å². The lowest BCUT2D eigenvalue weighted by atomic mass is 9.90. The lowest BCUT2D eigenvalue weighted by Gasteiger charge is -2.16. The Hall–Kier alpha value is -1.11. The van der Waals surface area contributed by atoms with Crippen molar-refractivity contribution in [1.82, 2.24) is 0 Å². The second kappa shape index (κ2) is 4.94. The van der Waals surface area contributed by atoms with E-state index in [2.05, 4.69) is 23.3 Å². The summed E-state index contributed by atoms with van der Waals surface area (Å²) in [6.45, 7) is 0. The van der Waals surface area contributed by atoms with Gasteiger partial charge in [-0.2, -0.15) is 0 Å². The molecule has 0 saturated heterocycles. The van der Waals surface area contributed by atoms with Crippen LogP contribution in [0.25, 0.3) is 0 Å². The zero-order valence-corrected chi connectivity index (χ0v) is 8.52. The molecule has 0 radical (unpaired) electrons. The van der Waals surface area contributed by atoms with Gasteiger partial charge in [-0.15, -0.1) is 0 Å². The smallest absolute Gasteiger partial charge is 0.0625 e. The van der Waals surface area contributed by atoms with Crippen LogP contribution < -0.4 is 0 Å². The zero-order valence-electron chi connectivity index (χ0n) is 8.52. The van der Waals surface area contributed by atoms with Crippen LogP contribution >= 0.6 is 0 Å². The Labute approximate surface area is 85.9 Å². The Morgan fingerprint density at radius 2 is 1.71 bits per heavy atom. The summed E-state index contributed by atoms with van der Waals surface area (Å²) in [6, 6.07) is 10.2. The monoisotopic (exact) mass is 187 g/mol. The molecule has 0 spiro atoms. The number of hydrogen-bond donors (Lipinski definition) is 0. The van der Waals surface area contributed by atoms with Crippen LogP contribution in [-0.4, -0.2) is 6.21 Å². The summed E-state index contributed by atoms with van der Waals surface area (Å²) in [5.41, 5.74) is 1.08. The molecule has 1 fully saturated rings. The Morgan fingerprint density at radius 3 is 2.43 bits per heavy atom. The van der Waals surface area contributed by atoms with Gasteiger partial charge in [0.15, 0.2) is 0 Å². The van der Waals surface area contributed by atoms with Gasteiger partial charge in [0.2, 0.25) is 0 Å². The Balaban J connectivity index is 1.93. The highest BCUT2D eigenvalue weighted by atomic mass is 14.7. The van der Waals surface area contributed by atoms with Crippen LogP contribution in [-0.2, 0) is 0 Å². The fourth-order valence-corrected chi connectivity index (χ4v) is 1.99. The maximum Gasteiger partial charge on any atom is 0.0625 e. The molecular weight excluding hydrogens is 170 g/mol. The molecule has 0 aromatic heterocycles. The number of hydrogen-bond acceptors (Lipinski definition) is 1. The van der Waals surface area contributed by atoms with Crippen molar-refractivity contribution in [1.29, 1.82) is 0 Å². The summed E-state index contributed by atoms with van der Waals surface area (Å²) in [6.07, 6.45) is 8.98. The lowest BCUT2D eigenvalue weighted by Crippen LogP contribution is -2.06. The SMILES string of the molecule is C(=Nc1ccccc1)C1CCCCC1. The largest absolute Gasteiger partial charge is 0.261 e. The van der Waals surface area contributed by atoms with E-state index < -0.39 is 0 Å². The van der Waals surface area contributed by atoms with E-state index in [1.807, 2.05) is 18.2 Å². The summed E-state index contributed by atoms with van der Waals surface area (Å²) in [5.74, 6) is 0.726. The highest BCUT2D eigenvalue weighted by molar-refractivity contribution is 5.65. The van der Waals surface area contributed by atoms with E-state index in [0.717, 1.165) is 11.6 Å². The summed E-state index contributed by atoms with van der Waals surface area (Å²) in [5, 5.41) is 0. The van der Waals surface area contributed by atoms with Crippen molar-refractivity contribution < 1.29 is 0 Å². The quantitative estimate of drug-likeness (QED) is 0.621.